The maximum Gasteiger partial charge on any atom is 0.119 e. The van der Waals surface area contributed by atoms with E-state index in [9.17, 15) is 0 Å². The number of benzene rings is 1. The molecule has 0 saturated carbocycles. The second-order valence-corrected chi connectivity index (χ2v) is 5.05. The predicted octanol–water partition coefficient (Wildman–Crippen LogP) is 2.04. The van der Waals surface area contributed by atoms with E-state index in [0.29, 0.717) is 18.0 Å². The minimum absolute atomic E-state index is 0.308. The van der Waals surface area contributed by atoms with Crippen molar-refractivity contribution in [2.24, 2.45) is 11.7 Å². The number of nitrogens with two attached hydrogens (primary N) is 1. The summed E-state index contributed by atoms with van der Waals surface area (Å²) >= 11 is 0. The highest BCUT2D eigenvalue weighted by Crippen LogP contribution is 2.28. The Morgan fingerprint density at radius 3 is 2.76 bits per heavy atom. The Balaban J connectivity index is 2.11. The third-order valence-corrected chi connectivity index (χ3v) is 3.82. The molecule has 1 fully saturated rings. The lowest BCUT2D eigenvalue weighted by atomic mass is 10.1. The Labute approximate surface area is 104 Å². The van der Waals surface area contributed by atoms with Crippen molar-refractivity contribution in [2.45, 2.75) is 25.9 Å². The maximum atomic E-state index is 6.07. The highest BCUT2D eigenvalue weighted by molar-refractivity contribution is 5.30. The first-order valence-corrected chi connectivity index (χ1v) is 6.25. The molecule has 3 atom stereocenters. The molecule has 0 bridgehead atoms. The summed E-state index contributed by atoms with van der Waals surface area (Å²) in [7, 11) is 1.71. The summed E-state index contributed by atoms with van der Waals surface area (Å²) in [6.45, 7) is 6.53. The van der Waals surface area contributed by atoms with Crippen molar-refractivity contribution in [1.29, 1.82) is 0 Å². The van der Waals surface area contributed by atoms with Gasteiger partial charge in [-0.25, -0.2) is 0 Å². The lowest BCUT2D eigenvalue weighted by molar-refractivity contribution is 0.253. The minimum Gasteiger partial charge on any atom is -0.497 e. The smallest absolute Gasteiger partial charge is 0.119 e. The van der Waals surface area contributed by atoms with E-state index in [4.69, 9.17) is 10.5 Å². The van der Waals surface area contributed by atoms with E-state index in [0.717, 1.165) is 18.8 Å². The van der Waals surface area contributed by atoms with Gasteiger partial charge in [-0.3, -0.25) is 4.90 Å². The standard InChI is InChI=1S/C14H22N2O/c1-10-8-16(9-14(10)15)11(2)12-5-4-6-13(7-12)17-3/h4-7,10-11,14H,8-9,15H2,1-3H3. The van der Waals surface area contributed by atoms with Crippen LogP contribution in [0.4, 0.5) is 0 Å². The molecule has 17 heavy (non-hydrogen) atoms. The van der Waals surface area contributed by atoms with Gasteiger partial charge in [-0.05, 0) is 30.5 Å². The Morgan fingerprint density at radius 2 is 2.18 bits per heavy atom. The van der Waals surface area contributed by atoms with Crippen LogP contribution in [-0.2, 0) is 0 Å². The van der Waals surface area contributed by atoms with E-state index in [1.807, 2.05) is 12.1 Å². The molecule has 1 aliphatic rings. The average Bonchev–Trinajstić information content (AvgIpc) is 2.69. The predicted molar refractivity (Wildman–Crippen MR) is 70.1 cm³/mol. The molecule has 3 nitrogen and oxygen atoms in total. The van der Waals surface area contributed by atoms with Crippen LogP contribution in [0.15, 0.2) is 24.3 Å². The van der Waals surface area contributed by atoms with Crippen molar-refractivity contribution in [3.05, 3.63) is 29.8 Å². The average molecular weight is 234 g/mol. The molecule has 1 heterocycles. The van der Waals surface area contributed by atoms with E-state index in [1.165, 1.54) is 5.56 Å². The van der Waals surface area contributed by atoms with Gasteiger partial charge in [-0.15, -0.1) is 0 Å². The fourth-order valence-corrected chi connectivity index (χ4v) is 2.46. The molecule has 2 N–H and O–H groups in total. The zero-order valence-corrected chi connectivity index (χ0v) is 10.9. The molecular weight excluding hydrogens is 212 g/mol. The molecule has 0 radical (unpaired) electrons. The molecule has 1 aliphatic heterocycles. The molecule has 1 aromatic carbocycles. The van der Waals surface area contributed by atoms with Gasteiger partial charge in [0, 0.05) is 25.2 Å². The number of hydrogen-bond acceptors (Lipinski definition) is 3. The Morgan fingerprint density at radius 1 is 1.41 bits per heavy atom. The van der Waals surface area contributed by atoms with E-state index in [-0.39, 0.29) is 0 Å². The van der Waals surface area contributed by atoms with Gasteiger partial charge in [0.25, 0.3) is 0 Å². The van der Waals surface area contributed by atoms with Gasteiger partial charge in [0.15, 0.2) is 0 Å². The van der Waals surface area contributed by atoms with Gasteiger partial charge in [0.2, 0.25) is 0 Å². The van der Waals surface area contributed by atoms with Crippen LogP contribution in [0.25, 0.3) is 0 Å². The molecule has 1 aromatic rings. The zero-order chi connectivity index (χ0) is 12.4. The first-order chi connectivity index (χ1) is 8.11. The normalized spacial score (nSPS) is 27.1. The summed E-state index contributed by atoms with van der Waals surface area (Å²) in [5.74, 6) is 1.51. The summed E-state index contributed by atoms with van der Waals surface area (Å²) in [5.41, 5.74) is 7.37. The summed E-state index contributed by atoms with van der Waals surface area (Å²) in [4.78, 5) is 2.45. The van der Waals surface area contributed by atoms with Crippen LogP contribution in [0.3, 0.4) is 0 Å². The molecule has 3 heteroatoms. The van der Waals surface area contributed by atoms with Gasteiger partial charge in [0.05, 0.1) is 7.11 Å². The van der Waals surface area contributed by atoms with Crippen LogP contribution in [0.2, 0.25) is 0 Å². The van der Waals surface area contributed by atoms with Crippen molar-refractivity contribution in [1.82, 2.24) is 4.90 Å². The number of rotatable bonds is 3. The summed E-state index contributed by atoms with van der Waals surface area (Å²) < 4.78 is 5.27. The van der Waals surface area contributed by atoms with Crippen LogP contribution >= 0.6 is 0 Å². The maximum absolute atomic E-state index is 6.07. The zero-order valence-electron chi connectivity index (χ0n) is 10.9. The topological polar surface area (TPSA) is 38.5 Å². The van der Waals surface area contributed by atoms with Gasteiger partial charge in [-0.2, -0.15) is 0 Å². The van der Waals surface area contributed by atoms with Crippen LogP contribution < -0.4 is 10.5 Å². The lowest BCUT2D eigenvalue weighted by Crippen LogP contribution is -2.29. The summed E-state index contributed by atoms with van der Waals surface area (Å²) in [6.07, 6.45) is 0. The second kappa shape index (κ2) is 5.07. The molecule has 94 valence electrons. The summed E-state index contributed by atoms with van der Waals surface area (Å²) in [6, 6.07) is 9.00. The number of hydrogen-bond donors (Lipinski definition) is 1. The highest BCUT2D eigenvalue weighted by Gasteiger charge is 2.30. The largest absolute Gasteiger partial charge is 0.497 e. The lowest BCUT2D eigenvalue weighted by Gasteiger charge is -2.24. The first kappa shape index (κ1) is 12.4. The minimum atomic E-state index is 0.308. The number of nitrogens with zero attached hydrogens (tertiary/aromatic N) is 1. The van der Waals surface area contributed by atoms with Crippen LogP contribution in [0, 0.1) is 5.92 Å². The quantitative estimate of drug-likeness (QED) is 0.869. The van der Waals surface area contributed by atoms with Gasteiger partial charge >= 0.3 is 0 Å². The monoisotopic (exact) mass is 234 g/mol. The SMILES string of the molecule is COc1cccc(C(C)N2CC(C)C(N)C2)c1. The van der Waals surface area contributed by atoms with Crippen molar-refractivity contribution in [3.8, 4) is 5.75 Å². The second-order valence-electron chi connectivity index (χ2n) is 5.05. The Kier molecular flexibility index (Phi) is 3.69. The fraction of sp³-hybridized carbons (Fsp3) is 0.571. The molecular formula is C14H22N2O. The van der Waals surface area contributed by atoms with Gasteiger partial charge < -0.3 is 10.5 Å². The van der Waals surface area contributed by atoms with E-state index < -0.39 is 0 Å². The van der Waals surface area contributed by atoms with Gasteiger partial charge in [0.1, 0.15) is 5.75 Å². The third kappa shape index (κ3) is 2.61. The number of likely N-dealkylation sites (tertiary alicyclic amines) is 1. The Hall–Kier alpha value is -1.06. The molecule has 0 aromatic heterocycles. The molecule has 2 rings (SSSR count). The van der Waals surface area contributed by atoms with Crippen LogP contribution in [0.5, 0.6) is 5.75 Å². The number of ether oxygens (including phenoxy) is 1. The van der Waals surface area contributed by atoms with Crippen molar-refractivity contribution in [2.75, 3.05) is 20.2 Å². The molecule has 1 saturated heterocycles. The summed E-state index contributed by atoms with van der Waals surface area (Å²) in [5, 5.41) is 0. The van der Waals surface area contributed by atoms with E-state index in [1.54, 1.807) is 7.11 Å². The Bertz CT molecular complexity index is 370. The van der Waals surface area contributed by atoms with Crippen molar-refractivity contribution in [3.63, 3.8) is 0 Å². The van der Waals surface area contributed by atoms with Crippen LogP contribution in [-0.4, -0.2) is 31.1 Å². The number of methoxy groups -OCH3 is 1. The molecule has 3 unspecified atom stereocenters. The first-order valence-electron chi connectivity index (χ1n) is 6.25. The van der Waals surface area contributed by atoms with Crippen molar-refractivity contribution >= 4 is 0 Å². The van der Waals surface area contributed by atoms with Crippen molar-refractivity contribution < 1.29 is 4.74 Å². The molecule has 0 spiro atoms. The van der Waals surface area contributed by atoms with E-state index >= 15 is 0 Å². The molecule has 0 amide bonds. The molecule has 0 aliphatic carbocycles. The van der Waals surface area contributed by atoms with Crippen LogP contribution in [0.1, 0.15) is 25.5 Å². The highest BCUT2D eigenvalue weighted by atomic mass is 16.5. The fourth-order valence-electron chi connectivity index (χ4n) is 2.46. The van der Waals surface area contributed by atoms with Gasteiger partial charge in [-0.1, -0.05) is 19.1 Å². The third-order valence-electron chi connectivity index (χ3n) is 3.82. The van der Waals surface area contributed by atoms with E-state index in [2.05, 4.69) is 30.9 Å².